The first-order valence-corrected chi connectivity index (χ1v) is 11.5. The second-order valence-corrected chi connectivity index (χ2v) is 8.74. The summed E-state index contributed by atoms with van der Waals surface area (Å²) >= 11 is 0. The number of aromatic nitrogens is 2. The number of sulfone groups is 1. The molecular weight excluding hydrogens is 444 g/mol. The van der Waals surface area contributed by atoms with Crippen molar-refractivity contribution in [3.63, 3.8) is 0 Å². The molecule has 1 N–H and O–H groups in total. The van der Waals surface area contributed by atoms with E-state index < -0.39 is 28.1 Å². The lowest BCUT2D eigenvalue weighted by molar-refractivity contribution is -0.0451. The monoisotopic (exact) mass is 470 g/mol. The number of carbonyl (C=O) groups is 2. The maximum Gasteiger partial charge on any atom is 0.508 e. The Bertz CT molecular complexity index is 1090. The van der Waals surface area contributed by atoms with E-state index in [1.54, 1.807) is 13.8 Å². The number of carboxylic acid groups (broad SMARTS) is 1. The fraction of sp³-hybridized carbons (Fsp3) is 0.450. The number of nitrogens with zero attached hydrogens (tertiary/aromatic N) is 2. The third-order valence-electron chi connectivity index (χ3n) is 4.43. The molecule has 176 valence electrons. The Kier molecular flexibility index (Phi) is 8.22. The van der Waals surface area contributed by atoms with E-state index in [0.717, 1.165) is 6.26 Å². The summed E-state index contributed by atoms with van der Waals surface area (Å²) in [7, 11) is -2.14. The summed E-state index contributed by atoms with van der Waals surface area (Å²) in [5, 5.41) is 12.9. The van der Waals surface area contributed by atoms with Crippen molar-refractivity contribution in [3.8, 4) is 11.6 Å². The van der Waals surface area contributed by atoms with Gasteiger partial charge in [-0.05, 0) is 26.0 Å². The summed E-state index contributed by atoms with van der Waals surface area (Å²) in [4.78, 5) is 24.1. The molecule has 0 aliphatic rings. The van der Waals surface area contributed by atoms with Crippen molar-refractivity contribution in [2.24, 2.45) is 0 Å². The number of ketones is 1. The minimum absolute atomic E-state index is 0.0275. The number of methoxy groups -OCH3 is 1. The molecule has 2 aromatic rings. The van der Waals surface area contributed by atoms with Crippen LogP contribution in [-0.4, -0.2) is 68.1 Å². The number of carbonyl (C=O) groups excluding carboxylic acids is 1. The van der Waals surface area contributed by atoms with E-state index in [-0.39, 0.29) is 40.9 Å². The summed E-state index contributed by atoms with van der Waals surface area (Å²) in [5.74, 6) is -0.417. The van der Waals surface area contributed by atoms with Crippen molar-refractivity contribution < 1.29 is 42.1 Å². The Balaban J connectivity index is 2.52. The van der Waals surface area contributed by atoms with Crippen LogP contribution in [0.1, 0.15) is 35.3 Å². The van der Waals surface area contributed by atoms with Crippen LogP contribution >= 0.6 is 0 Å². The topological polar surface area (TPSA) is 143 Å². The molecule has 0 saturated carbocycles. The van der Waals surface area contributed by atoms with Gasteiger partial charge in [0.05, 0.1) is 12.8 Å². The van der Waals surface area contributed by atoms with Crippen molar-refractivity contribution in [3.05, 3.63) is 35.0 Å². The molecular formula is C20H26N2O9S. The smallest absolute Gasteiger partial charge is 0.490 e. The van der Waals surface area contributed by atoms with Gasteiger partial charge in [-0.3, -0.25) is 4.79 Å². The summed E-state index contributed by atoms with van der Waals surface area (Å²) < 4.78 is 46.4. The maximum atomic E-state index is 13.3. The zero-order valence-electron chi connectivity index (χ0n) is 18.4. The summed E-state index contributed by atoms with van der Waals surface area (Å²) in [6, 6.07) is 2.69. The van der Waals surface area contributed by atoms with Crippen LogP contribution in [0.3, 0.4) is 0 Å². The third kappa shape index (κ3) is 5.77. The highest BCUT2D eigenvalue weighted by Gasteiger charge is 2.27. The molecule has 1 atom stereocenters. The first-order chi connectivity index (χ1) is 15.0. The largest absolute Gasteiger partial charge is 0.508 e. The van der Waals surface area contributed by atoms with Crippen molar-refractivity contribution in [1.82, 2.24) is 9.78 Å². The van der Waals surface area contributed by atoms with Crippen LogP contribution in [0.15, 0.2) is 23.2 Å². The second-order valence-electron chi connectivity index (χ2n) is 6.76. The molecule has 0 bridgehead atoms. The Morgan fingerprint density at radius 1 is 1.22 bits per heavy atom. The third-order valence-corrected chi connectivity index (χ3v) is 5.55. The van der Waals surface area contributed by atoms with Gasteiger partial charge in [-0.2, -0.15) is 5.10 Å². The van der Waals surface area contributed by atoms with Crippen LogP contribution in [0.2, 0.25) is 0 Å². The maximum absolute atomic E-state index is 13.3. The quantitative estimate of drug-likeness (QED) is 0.225. The average Bonchev–Trinajstić information content (AvgIpc) is 3.09. The molecule has 0 fully saturated rings. The first kappa shape index (κ1) is 25.1. The number of hydrogen-bond acceptors (Lipinski definition) is 9. The number of benzene rings is 1. The summed E-state index contributed by atoms with van der Waals surface area (Å²) in [6.45, 7) is 5.37. The second kappa shape index (κ2) is 10.5. The standard InChI is InChI=1S/C20H26N2O9S/c1-6-22-19(30-13(3)31-20(24)25)15(11-21-22)17(23)14-7-8-16(32(5,26)27)18(12(14)2)29-10-9-28-4/h7-8,11,13H,6,9-10H2,1-5H3,(H,24,25). The van der Waals surface area contributed by atoms with Crippen LogP contribution in [0.25, 0.3) is 0 Å². The highest BCUT2D eigenvalue weighted by Crippen LogP contribution is 2.33. The molecule has 0 radical (unpaired) electrons. The van der Waals surface area contributed by atoms with Gasteiger partial charge in [0.2, 0.25) is 12.2 Å². The molecule has 0 amide bonds. The predicted octanol–water partition coefficient (Wildman–Crippen LogP) is 2.29. The van der Waals surface area contributed by atoms with Crippen molar-refractivity contribution in [2.75, 3.05) is 26.6 Å². The van der Waals surface area contributed by atoms with Gasteiger partial charge in [-0.15, -0.1) is 0 Å². The molecule has 0 aliphatic heterocycles. The average molecular weight is 471 g/mol. The zero-order chi connectivity index (χ0) is 24.1. The van der Waals surface area contributed by atoms with Gasteiger partial charge in [-0.1, -0.05) is 0 Å². The van der Waals surface area contributed by atoms with Gasteiger partial charge in [0.15, 0.2) is 15.6 Å². The number of ether oxygens (including phenoxy) is 4. The number of aryl methyl sites for hydroxylation is 1. The predicted molar refractivity (Wildman–Crippen MR) is 112 cm³/mol. The molecule has 12 heteroatoms. The van der Waals surface area contributed by atoms with E-state index in [9.17, 15) is 18.0 Å². The Labute approximate surface area is 185 Å². The minimum Gasteiger partial charge on any atom is -0.490 e. The highest BCUT2D eigenvalue weighted by molar-refractivity contribution is 7.90. The Morgan fingerprint density at radius 3 is 2.47 bits per heavy atom. The highest BCUT2D eigenvalue weighted by atomic mass is 32.2. The van der Waals surface area contributed by atoms with E-state index in [1.165, 1.54) is 37.0 Å². The van der Waals surface area contributed by atoms with Gasteiger partial charge >= 0.3 is 6.16 Å². The van der Waals surface area contributed by atoms with Gasteiger partial charge in [0, 0.05) is 38.0 Å². The molecule has 2 rings (SSSR count). The Hall–Kier alpha value is -3.12. The molecule has 0 saturated heterocycles. The van der Waals surface area contributed by atoms with E-state index in [0.29, 0.717) is 12.1 Å². The first-order valence-electron chi connectivity index (χ1n) is 9.63. The Morgan fingerprint density at radius 2 is 1.91 bits per heavy atom. The minimum atomic E-state index is -3.63. The lowest BCUT2D eigenvalue weighted by Gasteiger charge is -2.17. The summed E-state index contributed by atoms with van der Waals surface area (Å²) in [6.07, 6.45) is -0.377. The lowest BCUT2D eigenvalue weighted by atomic mass is 10.00. The van der Waals surface area contributed by atoms with Gasteiger partial charge in [0.1, 0.15) is 22.8 Å². The van der Waals surface area contributed by atoms with E-state index in [4.69, 9.17) is 19.3 Å². The SMILES string of the molecule is CCn1ncc(C(=O)c2ccc(S(C)(=O)=O)c(OCCOC)c2C)c1OC(C)OC(=O)O. The fourth-order valence-corrected chi connectivity index (χ4v) is 3.82. The number of hydrogen-bond donors (Lipinski definition) is 1. The lowest BCUT2D eigenvalue weighted by Crippen LogP contribution is -2.22. The summed E-state index contributed by atoms with van der Waals surface area (Å²) in [5.41, 5.74) is 0.557. The molecule has 32 heavy (non-hydrogen) atoms. The molecule has 1 aromatic carbocycles. The fourth-order valence-electron chi connectivity index (χ4n) is 2.96. The molecule has 1 heterocycles. The van der Waals surface area contributed by atoms with Crippen LogP contribution in [0.5, 0.6) is 11.6 Å². The van der Waals surface area contributed by atoms with Crippen molar-refractivity contribution in [1.29, 1.82) is 0 Å². The molecule has 1 unspecified atom stereocenters. The van der Waals surface area contributed by atoms with Gasteiger partial charge in [-0.25, -0.2) is 17.9 Å². The normalized spacial score (nSPS) is 12.3. The van der Waals surface area contributed by atoms with Crippen LogP contribution in [0.4, 0.5) is 4.79 Å². The molecule has 11 nitrogen and oxygen atoms in total. The van der Waals surface area contributed by atoms with E-state index >= 15 is 0 Å². The molecule has 1 aromatic heterocycles. The van der Waals surface area contributed by atoms with E-state index in [2.05, 4.69) is 9.84 Å². The van der Waals surface area contributed by atoms with Gasteiger partial charge in [0.25, 0.3) is 0 Å². The van der Waals surface area contributed by atoms with Crippen LogP contribution in [-0.2, 0) is 25.9 Å². The molecule has 0 aliphatic carbocycles. The van der Waals surface area contributed by atoms with E-state index in [1.807, 2.05) is 0 Å². The van der Waals surface area contributed by atoms with Gasteiger partial charge < -0.3 is 24.1 Å². The number of rotatable bonds is 11. The van der Waals surface area contributed by atoms with Crippen molar-refractivity contribution in [2.45, 2.75) is 38.5 Å². The van der Waals surface area contributed by atoms with Crippen LogP contribution in [0, 0.1) is 6.92 Å². The van der Waals surface area contributed by atoms with Crippen molar-refractivity contribution >= 4 is 21.8 Å². The molecule has 0 spiro atoms. The van der Waals surface area contributed by atoms with Crippen LogP contribution < -0.4 is 9.47 Å². The zero-order valence-corrected chi connectivity index (χ0v) is 19.3.